The number of carbonyl (C=O) groups excluding carboxylic acids is 2. The average Bonchev–Trinajstić information content (AvgIpc) is 2.25. The van der Waals surface area contributed by atoms with Gasteiger partial charge in [-0.1, -0.05) is 0 Å². The van der Waals surface area contributed by atoms with E-state index in [1.807, 2.05) is 6.07 Å². The van der Waals surface area contributed by atoms with Crippen molar-refractivity contribution < 1.29 is 9.59 Å². The SMILES string of the molecule is CC(=O)NCCSc1ccc(NC(C)=O)cc1N. The van der Waals surface area contributed by atoms with Gasteiger partial charge in [0.05, 0.1) is 0 Å². The number of anilines is 2. The minimum Gasteiger partial charge on any atom is -0.398 e. The van der Waals surface area contributed by atoms with E-state index < -0.39 is 0 Å². The Kier molecular flexibility index (Phi) is 5.51. The first-order valence-corrected chi connectivity index (χ1v) is 6.52. The fourth-order valence-electron chi connectivity index (χ4n) is 1.35. The molecule has 98 valence electrons. The molecule has 4 N–H and O–H groups in total. The van der Waals surface area contributed by atoms with E-state index in [9.17, 15) is 9.59 Å². The second kappa shape index (κ2) is 6.90. The van der Waals surface area contributed by atoms with Gasteiger partial charge in [0.25, 0.3) is 0 Å². The Labute approximate surface area is 111 Å². The van der Waals surface area contributed by atoms with Gasteiger partial charge in [-0.05, 0) is 18.2 Å². The van der Waals surface area contributed by atoms with Gasteiger partial charge in [-0.3, -0.25) is 9.59 Å². The normalized spacial score (nSPS) is 9.89. The molecule has 0 saturated heterocycles. The van der Waals surface area contributed by atoms with Crippen LogP contribution in [0.1, 0.15) is 13.8 Å². The molecule has 0 aromatic heterocycles. The Balaban J connectivity index is 2.51. The summed E-state index contributed by atoms with van der Waals surface area (Å²) >= 11 is 1.56. The van der Waals surface area contributed by atoms with Gasteiger partial charge in [0.2, 0.25) is 11.8 Å². The van der Waals surface area contributed by atoms with Crippen LogP contribution in [0.5, 0.6) is 0 Å². The highest BCUT2D eigenvalue weighted by Gasteiger charge is 2.03. The minimum atomic E-state index is -0.125. The van der Waals surface area contributed by atoms with Gasteiger partial charge in [-0.25, -0.2) is 0 Å². The van der Waals surface area contributed by atoms with E-state index >= 15 is 0 Å². The fourth-order valence-corrected chi connectivity index (χ4v) is 2.16. The summed E-state index contributed by atoms with van der Waals surface area (Å²) < 4.78 is 0. The topological polar surface area (TPSA) is 84.2 Å². The Morgan fingerprint density at radius 1 is 1.28 bits per heavy atom. The lowest BCUT2D eigenvalue weighted by Crippen LogP contribution is -2.22. The summed E-state index contributed by atoms with van der Waals surface area (Å²) in [4.78, 5) is 22.5. The molecule has 6 heteroatoms. The highest BCUT2D eigenvalue weighted by molar-refractivity contribution is 7.99. The number of nitrogen functional groups attached to an aromatic ring is 1. The lowest BCUT2D eigenvalue weighted by molar-refractivity contribution is -0.119. The molecule has 0 aliphatic rings. The van der Waals surface area contributed by atoms with Gasteiger partial charge in [0.15, 0.2) is 0 Å². The standard InChI is InChI=1S/C12H17N3O2S/c1-8(16)14-5-6-18-12-4-3-10(7-11(12)13)15-9(2)17/h3-4,7H,5-6,13H2,1-2H3,(H,14,16)(H,15,17). The molecular weight excluding hydrogens is 250 g/mol. The summed E-state index contributed by atoms with van der Waals surface area (Å²) in [5, 5.41) is 5.38. The zero-order valence-electron chi connectivity index (χ0n) is 10.4. The second-order valence-corrected chi connectivity index (χ2v) is 4.90. The van der Waals surface area contributed by atoms with Crippen molar-refractivity contribution in [3.63, 3.8) is 0 Å². The Bertz CT molecular complexity index is 449. The Morgan fingerprint density at radius 3 is 2.56 bits per heavy atom. The van der Waals surface area contributed by atoms with E-state index in [1.54, 1.807) is 23.9 Å². The molecule has 0 aliphatic carbocycles. The van der Waals surface area contributed by atoms with E-state index in [0.29, 0.717) is 17.9 Å². The molecule has 0 heterocycles. The third-order valence-electron chi connectivity index (χ3n) is 2.06. The number of nitrogens with one attached hydrogen (secondary N) is 2. The highest BCUT2D eigenvalue weighted by atomic mass is 32.2. The number of carbonyl (C=O) groups is 2. The number of thioether (sulfide) groups is 1. The number of rotatable bonds is 5. The van der Waals surface area contributed by atoms with Crippen molar-refractivity contribution in [1.29, 1.82) is 0 Å². The maximum absolute atomic E-state index is 10.9. The van der Waals surface area contributed by atoms with Gasteiger partial charge >= 0.3 is 0 Å². The molecule has 1 rings (SSSR count). The van der Waals surface area contributed by atoms with Gasteiger partial charge in [-0.2, -0.15) is 0 Å². The number of benzene rings is 1. The minimum absolute atomic E-state index is 0.0374. The van der Waals surface area contributed by atoms with Crippen molar-refractivity contribution in [1.82, 2.24) is 5.32 Å². The van der Waals surface area contributed by atoms with Crippen LogP contribution < -0.4 is 16.4 Å². The summed E-state index contributed by atoms with van der Waals surface area (Å²) in [6.45, 7) is 3.54. The maximum Gasteiger partial charge on any atom is 0.221 e. The molecule has 5 nitrogen and oxygen atoms in total. The first kappa shape index (κ1) is 14.4. The molecule has 0 radical (unpaired) electrons. The zero-order chi connectivity index (χ0) is 13.5. The summed E-state index contributed by atoms with van der Waals surface area (Å²) in [5.41, 5.74) is 7.19. The molecule has 0 aliphatic heterocycles. The van der Waals surface area contributed by atoms with Gasteiger partial charge in [0.1, 0.15) is 0 Å². The zero-order valence-corrected chi connectivity index (χ0v) is 11.3. The van der Waals surface area contributed by atoms with Crippen LogP contribution in [-0.4, -0.2) is 24.1 Å². The van der Waals surface area contributed by atoms with Crippen molar-refractivity contribution in [2.24, 2.45) is 0 Å². The fraction of sp³-hybridized carbons (Fsp3) is 0.333. The molecule has 0 spiro atoms. The maximum atomic E-state index is 10.9. The lowest BCUT2D eigenvalue weighted by atomic mass is 10.3. The third kappa shape index (κ3) is 5.09. The van der Waals surface area contributed by atoms with Crippen LogP contribution in [0.2, 0.25) is 0 Å². The second-order valence-electron chi connectivity index (χ2n) is 3.77. The van der Waals surface area contributed by atoms with Crippen molar-refractivity contribution in [2.75, 3.05) is 23.3 Å². The summed E-state index contributed by atoms with van der Waals surface area (Å²) in [5.74, 6) is 0.591. The van der Waals surface area contributed by atoms with Gasteiger partial charge in [-0.15, -0.1) is 11.8 Å². The molecule has 0 saturated carbocycles. The third-order valence-corrected chi connectivity index (χ3v) is 3.15. The van der Waals surface area contributed by atoms with E-state index in [0.717, 1.165) is 10.6 Å². The quantitative estimate of drug-likeness (QED) is 0.428. The summed E-state index contributed by atoms with van der Waals surface area (Å²) in [6, 6.07) is 5.39. The predicted octanol–water partition coefficient (Wildman–Crippen LogP) is 1.46. The molecule has 18 heavy (non-hydrogen) atoms. The predicted molar refractivity (Wildman–Crippen MR) is 74.6 cm³/mol. The number of amides is 2. The van der Waals surface area contributed by atoms with Crippen LogP contribution in [0, 0.1) is 0 Å². The average molecular weight is 267 g/mol. The van der Waals surface area contributed by atoms with E-state index in [4.69, 9.17) is 5.73 Å². The van der Waals surface area contributed by atoms with Crippen molar-refractivity contribution >= 4 is 35.0 Å². The van der Waals surface area contributed by atoms with E-state index in [1.165, 1.54) is 13.8 Å². The summed E-state index contributed by atoms with van der Waals surface area (Å²) in [6.07, 6.45) is 0. The molecular formula is C12H17N3O2S. The number of hydrogen-bond acceptors (Lipinski definition) is 4. The first-order chi connectivity index (χ1) is 8.49. The van der Waals surface area contributed by atoms with Crippen LogP contribution in [0.3, 0.4) is 0 Å². The first-order valence-electron chi connectivity index (χ1n) is 5.53. The van der Waals surface area contributed by atoms with E-state index in [2.05, 4.69) is 10.6 Å². The molecule has 1 aromatic carbocycles. The van der Waals surface area contributed by atoms with Crippen LogP contribution in [0.15, 0.2) is 23.1 Å². The van der Waals surface area contributed by atoms with E-state index in [-0.39, 0.29) is 11.8 Å². The lowest BCUT2D eigenvalue weighted by Gasteiger charge is -2.08. The molecule has 0 unspecified atom stereocenters. The van der Waals surface area contributed by atoms with Crippen LogP contribution in [0.25, 0.3) is 0 Å². The summed E-state index contributed by atoms with van der Waals surface area (Å²) in [7, 11) is 0. The van der Waals surface area contributed by atoms with Gasteiger partial charge in [0, 0.05) is 42.4 Å². The Hall–Kier alpha value is -1.69. The van der Waals surface area contributed by atoms with Crippen molar-refractivity contribution in [2.45, 2.75) is 18.7 Å². The molecule has 1 aromatic rings. The van der Waals surface area contributed by atoms with Crippen molar-refractivity contribution in [3.05, 3.63) is 18.2 Å². The highest BCUT2D eigenvalue weighted by Crippen LogP contribution is 2.27. The smallest absolute Gasteiger partial charge is 0.221 e. The van der Waals surface area contributed by atoms with Crippen molar-refractivity contribution in [3.8, 4) is 0 Å². The van der Waals surface area contributed by atoms with Crippen LogP contribution in [0.4, 0.5) is 11.4 Å². The molecule has 0 bridgehead atoms. The number of nitrogens with two attached hydrogens (primary N) is 1. The van der Waals surface area contributed by atoms with Gasteiger partial charge < -0.3 is 16.4 Å². The largest absolute Gasteiger partial charge is 0.398 e. The molecule has 2 amide bonds. The Morgan fingerprint density at radius 2 is 2.00 bits per heavy atom. The molecule has 0 atom stereocenters. The van der Waals surface area contributed by atoms with Crippen LogP contribution in [-0.2, 0) is 9.59 Å². The monoisotopic (exact) mass is 267 g/mol. The molecule has 0 fully saturated rings. The number of hydrogen-bond donors (Lipinski definition) is 3. The van der Waals surface area contributed by atoms with Crippen LogP contribution >= 0.6 is 11.8 Å².